The van der Waals surface area contributed by atoms with Gasteiger partial charge in [0.05, 0.1) is 0 Å². The lowest BCUT2D eigenvalue weighted by molar-refractivity contribution is 0.954. The van der Waals surface area contributed by atoms with E-state index in [1.165, 1.54) is 0 Å². The summed E-state index contributed by atoms with van der Waals surface area (Å²) in [5.74, 6) is 1.59. The molecule has 0 N–H and O–H groups in total. The van der Waals surface area contributed by atoms with Gasteiger partial charge in [0.1, 0.15) is 0 Å². The number of thioether (sulfide) groups is 2. The molecule has 118 valence electrons. The molecule has 3 rings (SSSR count). The fourth-order valence-corrected chi connectivity index (χ4v) is 5.42. The highest BCUT2D eigenvalue weighted by molar-refractivity contribution is 8.02. The molecule has 2 nitrogen and oxygen atoms in total. The zero-order valence-electron chi connectivity index (χ0n) is 11.9. The van der Waals surface area contributed by atoms with E-state index in [0.717, 1.165) is 41.4 Å². The summed E-state index contributed by atoms with van der Waals surface area (Å²) in [7, 11) is 0. The molecule has 0 radical (unpaired) electrons. The lowest BCUT2D eigenvalue weighted by Crippen LogP contribution is -1.81. The van der Waals surface area contributed by atoms with Crippen molar-refractivity contribution >= 4 is 58.1 Å². The summed E-state index contributed by atoms with van der Waals surface area (Å²) in [6.45, 7) is 0. The van der Waals surface area contributed by atoms with Crippen LogP contribution in [0.1, 0.15) is 11.1 Å². The quantitative estimate of drug-likeness (QED) is 0.446. The predicted octanol–water partition coefficient (Wildman–Crippen LogP) is 6.43. The number of hydrogen-bond acceptors (Lipinski definition) is 5. The SMILES string of the molecule is Clc1ccccc1CSc1nnc(SCc2ccccc2Cl)s1. The van der Waals surface area contributed by atoms with Crippen LogP contribution < -0.4 is 0 Å². The highest BCUT2D eigenvalue weighted by Gasteiger charge is 2.08. The Hall–Kier alpha value is -0.720. The summed E-state index contributed by atoms with van der Waals surface area (Å²) >= 11 is 17.2. The molecule has 1 heterocycles. The van der Waals surface area contributed by atoms with E-state index in [2.05, 4.69) is 10.2 Å². The normalized spacial score (nSPS) is 10.9. The summed E-state index contributed by atoms with van der Waals surface area (Å²) in [4.78, 5) is 0. The molecule has 0 aliphatic heterocycles. The zero-order chi connectivity index (χ0) is 16.1. The maximum Gasteiger partial charge on any atom is 0.175 e. The molecule has 0 aliphatic rings. The Bertz CT molecular complexity index is 728. The Balaban J connectivity index is 1.56. The van der Waals surface area contributed by atoms with E-state index in [0.29, 0.717) is 0 Å². The van der Waals surface area contributed by atoms with E-state index < -0.39 is 0 Å². The Morgan fingerprint density at radius 3 is 1.61 bits per heavy atom. The molecule has 0 aliphatic carbocycles. The standard InChI is InChI=1S/C16H12Cl2N2S3/c17-13-7-3-1-5-11(13)9-21-15-19-20-16(23-15)22-10-12-6-2-4-8-14(12)18/h1-8H,9-10H2. The van der Waals surface area contributed by atoms with Crippen molar-refractivity contribution in [2.24, 2.45) is 0 Å². The van der Waals surface area contributed by atoms with Crippen molar-refractivity contribution in [2.45, 2.75) is 20.2 Å². The maximum absolute atomic E-state index is 6.17. The van der Waals surface area contributed by atoms with Crippen molar-refractivity contribution in [1.29, 1.82) is 0 Å². The van der Waals surface area contributed by atoms with Gasteiger partial charge in [0.25, 0.3) is 0 Å². The second-order valence-electron chi connectivity index (χ2n) is 4.59. The fourth-order valence-electron chi connectivity index (χ4n) is 1.82. The molecule has 0 saturated heterocycles. The molecule has 0 bridgehead atoms. The van der Waals surface area contributed by atoms with Crippen LogP contribution in [0.25, 0.3) is 0 Å². The monoisotopic (exact) mass is 398 g/mol. The summed E-state index contributed by atoms with van der Waals surface area (Å²) in [5, 5.41) is 10.0. The van der Waals surface area contributed by atoms with Crippen LogP contribution in [0.2, 0.25) is 10.0 Å². The van der Waals surface area contributed by atoms with Gasteiger partial charge in [-0.25, -0.2) is 0 Å². The number of rotatable bonds is 6. The summed E-state index contributed by atoms with van der Waals surface area (Å²) in [6.07, 6.45) is 0. The first-order valence-corrected chi connectivity index (χ1v) is 10.3. The van der Waals surface area contributed by atoms with E-state index in [1.807, 2.05) is 48.5 Å². The first kappa shape index (κ1) is 17.1. The van der Waals surface area contributed by atoms with E-state index in [1.54, 1.807) is 34.9 Å². The summed E-state index contributed by atoms with van der Waals surface area (Å²) in [5.41, 5.74) is 2.22. The minimum Gasteiger partial charge on any atom is -0.131 e. The lowest BCUT2D eigenvalue weighted by Gasteiger charge is -2.01. The Labute approximate surface area is 157 Å². The topological polar surface area (TPSA) is 25.8 Å². The van der Waals surface area contributed by atoms with Crippen molar-refractivity contribution < 1.29 is 0 Å². The molecule has 0 amide bonds. The molecule has 2 aromatic carbocycles. The van der Waals surface area contributed by atoms with E-state index in [-0.39, 0.29) is 0 Å². The Morgan fingerprint density at radius 1 is 0.739 bits per heavy atom. The molecule has 0 fully saturated rings. The van der Waals surface area contributed by atoms with Crippen LogP contribution in [-0.4, -0.2) is 10.2 Å². The Morgan fingerprint density at radius 2 is 1.17 bits per heavy atom. The largest absolute Gasteiger partial charge is 0.175 e. The number of halogens is 2. The number of nitrogens with zero attached hydrogens (tertiary/aromatic N) is 2. The fraction of sp³-hybridized carbons (Fsp3) is 0.125. The number of benzene rings is 2. The second kappa shape index (κ2) is 8.40. The van der Waals surface area contributed by atoms with E-state index >= 15 is 0 Å². The van der Waals surface area contributed by atoms with Crippen molar-refractivity contribution in [2.75, 3.05) is 0 Å². The first-order valence-electron chi connectivity index (χ1n) is 6.78. The van der Waals surface area contributed by atoms with Crippen LogP contribution in [0.3, 0.4) is 0 Å². The summed E-state index contributed by atoms with van der Waals surface area (Å²) < 4.78 is 1.90. The lowest BCUT2D eigenvalue weighted by atomic mass is 10.2. The third-order valence-electron chi connectivity index (χ3n) is 3.01. The van der Waals surface area contributed by atoms with Crippen LogP contribution in [0.5, 0.6) is 0 Å². The van der Waals surface area contributed by atoms with Crippen molar-refractivity contribution in [3.05, 3.63) is 69.7 Å². The minimum atomic E-state index is 0.790. The third kappa shape index (κ3) is 4.88. The van der Waals surface area contributed by atoms with E-state index in [9.17, 15) is 0 Å². The molecule has 0 atom stereocenters. The highest BCUT2D eigenvalue weighted by atomic mass is 35.5. The van der Waals surface area contributed by atoms with Gasteiger partial charge < -0.3 is 0 Å². The van der Waals surface area contributed by atoms with Gasteiger partial charge in [-0.1, -0.05) is 94.5 Å². The van der Waals surface area contributed by atoms with Gasteiger partial charge in [0, 0.05) is 21.6 Å². The number of hydrogen-bond donors (Lipinski definition) is 0. The van der Waals surface area contributed by atoms with Crippen LogP contribution in [0.4, 0.5) is 0 Å². The van der Waals surface area contributed by atoms with Crippen molar-refractivity contribution in [3.8, 4) is 0 Å². The maximum atomic E-state index is 6.17. The van der Waals surface area contributed by atoms with Gasteiger partial charge in [-0.3, -0.25) is 0 Å². The summed E-state index contributed by atoms with van der Waals surface area (Å²) in [6, 6.07) is 15.7. The molecule has 7 heteroatoms. The third-order valence-corrected chi connectivity index (χ3v) is 7.03. The van der Waals surface area contributed by atoms with Crippen LogP contribution in [0.15, 0.2) is 57.2 Å². The molecule has 0 spiro atoms. The molecular weight excluding hydrogens is 387 g/mol. The van der Waals surface area contributed by atoms with Crippen LogP contribution in [0, 0.1) is 0 Å². The first-order chi connectivity index (χ1) is 11.2. The van der Waals surface area contributed by atoms with Gasteiger partial charge in [0.2, 0.25) is 0 Å². The van der Waals surface area contributed by atoms with Crippen molar-refractivity contribution in [1.82, 2.24) is 10.2 Å². The molecule has 0 saturated carbocycles. The Kier molecular flexibility index (Phi) is 6.25. The van der Waals surface area contributed by atoms with Crippen molar-refractivity contribution in [3.63, 3.8) is 0 Å². The molecule has 0 unspecified atom stereocenters. The molecule has 1 aromatic heterocycles. The minimum absolute atomic E-state index is 0.790. The highest BCUT2D eigenvalue weighted by Crippen LogP contribution is 2.34. The predicted molar refractivity (Wildman–Crippen MR) is 102 cm³/mol. The van der Waals surface area contributed by atoms with E-state index in [4.69, 9.17) is 23.2 Å². The average Bonchev–Trinajstić information content (AvgIpc) is 3.01. The molecule has 23 heavy (non-hydrogen) atoms. The van der Waals surface area contributed by atoms with Gasteiger partial charge in [-0.15, -0.1) is 10.2 Å². The van der Waals surface area contributed by atoms with Gasteiger partial charge in [-0.2, -0.15) is 0 Å². The molecule has 3 aromatic rings. The second-order valence-corrected chi connectivity index (χ2v) is 8.83. The van der Waals surface area contributed by atoms with Crippen LogP contribution in [-0.2, 0) is 11.5 Å². The average molecular weight is 399 g/mol. The van der Waals surface area contributed by atoms with Gasteiger partial charge >= 0.3 is 0 Å². The van der Waals surface area contributed by atoms with Gasteiger partial charge in [-0.05, 0) is 23.3 Å². The zero-order valence-corrected chi connectivity index (χ0v) is 15.9. The smallest absolute Gasteiger partial charge is 0.131 e. The number of aromatic nitrogens is 2. The molecular formula is C16H12Cl2N2S3. The van der Waals surface area contributed by atoms with Gasteiger partial charge in [0.15, 0.2) is 8.68 Å². The van der Waals surface area contributed by atoms with Crippen LogP contribution >= 0.6 is 58.1 Å².